The minimum atomic E-state index is -4.92. The molecule has 1 saturated heterocycles. The number of carbonyl (C=O) groups is 1. The summed E-state index contributed by atoms with van der Waals surface area (Å²) in [6, 6.07) is 5.70. The summed E-state index contributed by atoms with van der Waals surface area (Å²) >= 11 is 0. The Bertz CT molecular complexity index is 1010. The highest BCUT2D eigenvalue weighted by atomic mass is 19.4. The third-order valence-electron chi connectivity index (χ3n) is 7.33. The van der Waals surface area contributed by atoms with Crippen LogP contribution in [0, 0.1) is 17.2 Å². The smallest absolute Gasteiger partial charge is 0.373 e. The van der Waals surface area contributed by atoms with Crippen molar-refractivity contribution in [2.24, 2.45) is 11.3 Å². The summed E-state index contributed by atoms with van der Waals surface area (Å²) in [7, 11) is 0. The van der Waals surface area contributed by atoms with Crippen LogP contribution in [0.15, 0.2) is 47.6 Å². The van der Waals surface area contributed by atoms with Crippen LogP contribution in [-0.2, 0) is 9.53 Å². The average molecular weight is 505 g/mol. The van der Waals surface area contributed by atoms with Gasteiger partial charge in [0.2, 0.25) is 5.91 Å². The summed E-state index contributed by atoms with van der Waals surface area (Å²) in [6.45, 7) is 0.368. The third-order valence-corrected chi connectivity index (χ3v) is 7.33. The molecular formula is C25H26F7NO2. The van der Waals surface area contributed by atoms with Gasteiger partial charge < -0.3 is 10.1 Å². The Balaban J connectivity index is 1.56. The van der Waals surface area contributed by atoms with Crippen molar-refractivity contribution in [3.05, 3.63) is 58.9 Å². The number of ether oxygens (including phenoxy) is 1. The Morgan fingerprint density at radius 2 is 1.74 bits per heavy atom. The van der Waals surface area contributed by atoms with Gasteiger partial charge in [0.05, 0.1) is 23.7 Å². The van der Waals surface area contributed by atoms with E-state index >= 15 is 0 Å². The number of benzene rings is 1. The van der Waals surface area contributed by atoms with E-state index in [9.17, 15) is 35.5 Å². The van der Waals surface area contributed by atoms with Gasteiger partial charge >= 0.3 is 12.4 Å². The molecule has 3 nitrogen and oxygen atoms in total. The van der Waals surface area contributed by atoms with Crippen molar-refractivity contribution in [1.82, 2.24) is 5.32 Å². The van der Waals surface area contributed by atoms with Crippen LogP contribution in [0.4, 0.5) is 30.7 Å². The van der Waals surface area contributed by atoms with Crippen LogP contribution in [0.2, 0.25) is 0 Å². The van der Waals surface area contributed by atoms with Gasteiger partial charge in [-0.2, -0.15) is 26.3 Å². The normalized spacial score (nSPS) is 31.8. The number of hydrogen-bond acceptors (Lipinski definition) is 2. The molecule has 35 heavy (non-hydrogen) atoms. The Morgan fingerprint density at radius 3 is 2.31 bits per heavy atom. The molecule has 1 aliphatic heterocycles. The van der Waals surface area contributed by atoms with E-state index in [2.05, 4.69) is 5.32 Å². The largest absolute Gasteiger partial charge is 0.416 e. The molecule has 0 aromatic heterocycles. The molecule has 2 fully saturated rings. The third kappa shape index (κ3) is 5.42. The highest BCUT2D eigenvalue weighted by molar-refractivity contribution is 5.78. The van der Waals surface area contributed by atoms with E-state index in [1.807, 2.05) is 0 Å². The van der Waals surface area contributed by atoms with Crippen molar-refractivity contribution in [2.45, 2.75) is 69.4 Å². The van der Waals surface area contributed by atoms with Crippen LogP contribution in [-0.4, -0.2) is 37.0 Å². The fourth-order valence-electron chi connectivity index (χ4n) is 5.57. The second kappa shape index (κ2) is 9.26. The first-order valence-corrected chi connectivity index (χ1v) is 11.5. The van der Waals surface area contributed by atoms with Gasteiger partial charge in [-0.3, -0.25) is 4.79 Å². The summed E-state index contributed by atoms with van der Waals surface area (Å²) < 4.78 is 101. The molecular weight excluding hydrogens is 479 g/mol. The van der Waals surface area contributed by atoms with E-state index in [1.165, 1.54) is 12.1 Å². The summed E-state index contributed by atoms with van der Waals surface area (Å²) in [5.74, 6) is -0.819. The van der Waals surface area contributed by atoms with Crippen molar-refractivity contribution in [3.63, 3.8) is 0 Å². The molecule has 1 aromatic rings. The SMILES string of the molecule is CC1(C(F)(F)F)C=C(C(F)(F)F)C=C(CO[C@H]2CC[C@@H]([C@@H]3CCC(=O)N3)[C@@H]2c2ccc(F)cc2)C1. The molecule has 1 heterocycles. The maximum absolute atomic E-state index is 13.6. The highest BCUT2D eigenvalue weighted by Crippen LogP contribution is 2.50. The first kappa shape index (κ1) is 25.7. The molecule has 2 aliphatic carbocycles. The quantitative estimate of drug-likeness (QED) is 0.473. The highest BCUT2D eigenvalue weighted by Gasteiger charge is 2.53. The van der Waals surface area contributed by atoms with Crippen LogP contribution >= 0.6 is 0 Å². The predicted octanol–water partition coefficient (Wildman–Crippen LogP) is 6.37. The Hall–Kier alpha value is -2.36. The van der Waals surface area contributed by atoms with Crippen LogP contribution in [0.25, 0.3) is 0 Å². The zero-order valence-corrected chi connectivity index (χ0v) is 19.0. The van der Waals surface area contributed by atoms with E-state index < -0.39 is 41.7 Å². The van der Waals surface area contributed by atoms with Gasteiger partial charge in [0.25, 0.3) is 0 Å². The summed E-state index contributed by atoms with van der Waals surface area (Å²) in [5, 5.41) is 2.95. The van der Waals surface area contributed by atoms with E-state index in [0.29, 0.717) is 25.7 Å². The first-order valence-electron chi connectivity index (χ1n) is 11.5. The maximum Gasteiger partial charge on any atom is 0.416 e. The fourth-order valence-corrected chi connectivity index (χ4v) is 5.57. The van der Waals surface area contributed by atoms with Crippen LogP contribution in [0.3, 0.4) is 0 Å². The van der Waals surface area contributed by atoms with Crippen LogP contribution in [0.5, 0.6) is 0 Å². The maximum atomic E-state index is 13.6. The molecule has 0 radical (unpaired) electrons. The topological polar surface area (TPSA) is 38.3 Å². The molecule has 192 valence electrons. The lowest BCUT2D eigenvalue weighted by molar-refractivity contribution is -0.201. The summed E-state index contributed by atoms with van der Waals surface area (Å²) in [4.78, 5) is 11.8. The second-order valence-corrected chi connectivity index (χ2v) is 9.87. The van der Waals surface area contributed by atoms with E-state index in [-0.39, 0.29) is 42.0 Å². The number of halogens is 7. The first-order chi connectivity index (χ1) is 16.3. The summed E-state index contributed by atoms with van der Waals surface area (Å²) in [5.41, 5.74) is -3.33. The van der Waals surface area contributed by atoms with Gasteiger partial charge in [-0.25, -0.2) is 4.39 Å². The lowest BCUT2D eigenvalue weighted by atomic mass is 9.77. The van der Waals surface area contributed by atoms with Crippen molar-refractivity contribution in [3.8, 4) is 0 Å². The fraction of sp³-hybridized carbons (Fsp3) is 0.560. The molecule has 0 spiro atoms. The number of rotatable bonds is 5. The average Bonchev–Trinajstić information content (AvgIpc) is 3.37. The molecule has 3 aliphatic rings. The van der Waals surface area contributed by atoms with Gasteiger partial charge in [0, 0.05) is 18.4 Å². The lowest BCUT2D eigenvalue weighted by Gasteiger charge is -2.35. The standard InChI is InChI=1S/C25H26F7NO2/c1-23(25(30,31)32)11-14(10-16(12-23)24(27,28)29)13-35-20-8-6-18(19-7-9-21(34)33-19)22(20)15-2-4-17(26)5-3-15/h2-5,10,12,18-20,22H,6-9,11,13H2,1H3,(H,33,34)/t18-,19-,20-,22-,23?/m0/s1. The number of amides is 1. The van der Waals surface area contributed by atoms with Crippen molar-refractivity contribution < 1.29 is 40.3 Å². The molecule has 5 atom stereocenters. The number of alkyl halides is 6. The summed E-state index contributed by atoms with van der Waals surface area (Å²) in [6.07, 6.45) is -7.74. The van der Waals surface area contributed by atoms with Gasteiger partial charge in [-0.15, -0.1) is 0 Å². The number of nitrogens with one attached hydrogen (secondary N) is 1. The molecule has 1 saturated carbocycles. The molecule has 1 unspecified atom stereocenters. The molecule has 1 aromatic carbocycles. The van der Waals surface area contributed by atoms with E-state index in [4.69, 9.17) is 4.74 Å². The molecule has 0 bridgehead atoms. The predicted molar refractivity (Wildman–Crippen MR) is 114 cm³/mol. The molecule has 1 amide bonds. The van der Waals surface area contributed by atoms with Gasteiger partial charge in [0.15, 0.2) is 0 Å². The number of carbonyl (C=O) groups excluding carboxylic acids is 1. The zero-order chi connectivity index (χ0) is 25.6. The zero-order valence-electron chi connectivity index (χ0n) is 19.0. The second-order valence-electron chi connectivity index (χ2n) is 9.87. The molecule has 10 heteroatoms. The van der Waals surface area contributed by atoms with Crippen LogP contribution in [0.1, 0.15) is 50.5 Å². The number of hydrogen-bond donors (Lipinski definition) is 1. The molecule has 4 rings (SSSR count). The minimum absolute atomic E-state index is 0.0386. The van der Waals surface area contributed by atoms with Gasteiger partial charge in [-0.05, 0) is 67.9 Å². The van der Waals surface area contributed by atoms with Gasteiger partial charge in [0.1, 0.15) is 5.82 Å². The van der Waals surface area contributed by atoms with Gasteiger partial charge in [-0.1, -0.05) is 18.2 Å². The minimum Gasteiger partial charge on any atom is -0.373 e. The van der Waals surface area contributed by atoms with Crippen LogP contribution < -0.4 is 5.32 Å². The van der Waals surface area contributed by atoms with Crippen molar-refractivity contribution in [2.75, 3.05) is 6.61 Å². The van der Waals surface area contributed by atoms with Crippen molar-refractivity contribution >= 4 is 5.91 Å². The number of allylic oxidation sites excluding steroid dienone is 3. The molecule has 1 N–H and O–H groups in total. The van der Waals surface area contributed by atoms with Crippen molar-refractivity contribution in [1.29, 1.82) is 0 Å². The van der Waals surface area contributed by atoms with E-state index in [1.54, 1.807) is 12.1 Å². The van der Waals surface area contributed by atoms with E-state index in [0.717, 1.165) is 18.6 Å². The Kier molecular flexibility index (Phi) is 6.81. The Labute approximate surface area is 198 Å². The monoisotopic (exact) mass is 505 g/mol. The lowest BCUT2D eigenvalue weighted by Crippen LogP contribution is -2.38. The Morgan fingerprint density at radius 1 is 1.06 bits per heavy atom.